The molecule has 0 saturated carbocycles. The van der Waals surface area contributed by atoms with Gasteiger partial charge in [0, 0.05) is 12.0 Å². The molecule has 0 saturated heterocycles. The molecule has 0 aliphatic carbocycles. The fourth-order valence-electron chi connectivity index (χ4n) is 3.89. The van der Waals surface area contributed by atoms with Crippen molar-refractivity contribution in [1.82, 2.24) is 5.32 Å². The van der Waals surface area contributed by atoms with Gasteiger partial charge in [-0.15, -0.1) is 0 Å². The summed E-state index contributed by atoms with van der Waals surface area (Å²) in [6.45, 7) is -0.830. The van der Waals surface area contributed by atoms with E-state index >= 15 is 0 Å². The minimum absolute atomic E-state index is 0. The summed E-state index contributed by atoms with van der Waals surface area (Å²) in [5, 5.41) is 3.01. The van der Waals surface area contributed by atoms with E-state index in [2.05, 4.69) is 5.32 Å². The molecular weight excluding hydrogens is 498 g/mol. The Labute approximate surface area is 211 Å². The van der Waals surface area contributed by atoms with Crippen LogP contribution < -0.4 is 11.1 Å². The zero-order chi connectivity index (χ0) is 26.3. The highest BCUT2D eigenvalue weighted by Crippen LogP contribution is 2.36. The first kappa shape index (κ1) is 29.9. The third kappa shape index (κ3) is 8.61. The largest absolute Gasteiger partial charge is 0.416 e. The van der Waals surface area contributed by atoms with Crippen molar-refractivity contribution in [3.8, 4) is 0 Å². The molecule has 3 rings (SSSR count). The quantitative estimate of drug-likeness (QED) is 0.312. The number of rotatable bonds is 10. The standard InChI is InChI=1S/C26H24F6N2O2.CH4/c27-25(28,29)20-11-17(12-21(13-20)26(30,31)32)15-36-16-22(34-14-23(33)35)24(18-7-3-1-4-8-18)19-9-5-2-6-10-19;/h1-13,22,24,34H,14-16H2,(H2,33,35);1H4. The number of carbonyl (C=O) groups is 1. The maximum atomic E-state index is 13.2. The van der Waals surface area contributed by atoms with Crippen LogP contribution in [0.1, 0.15) is 41.2 Å². The van der Waals surface area contributed by atoms with E-state index in [1.165, 1.54) is 0 Å². The van der Waals surface area contributed by atoms with Gasteiger partial charge < -0.3 is 15.8 Å². The molecule has 10 heteroatoms. The molecule has 1 amide bonds. The van der Waals surface area contributed by atoms with Crippen molar-refractivity contribution < 1.29 is 35.9 Å². The van der Waals surface area contributed by atoms with Crippen LogP contribution in [-0.2, 0) is 28.5 Å². The molecule has 0 aliphatic heterocycles. The number of nitrogens with one attached hydrogen (secondary N) is 1. The number of carbonyl (C=O) groups excluding carboxylic acids is 1. The predicted octanol–water partition coefficient (Wildman–Crippen LogP) is 6.15. The Hall–Kier alpha value is -3.37. The Balaban J connectivity index is 0.00000481. The topological polar surface area (TPSA) is 64.4 Å². The zero-order valence-electron chi connectivity index (χ0n) is 18.9. The summed E-state index contributed by atoms with van der Waals surface area (Å²) in [4.78, 5) is 11.5. The molecule has 0 radical (unpaired) electrons. The molecule has 3 aromatic carbocycles. The van der Waals surface area contributed by atoms with Gasteiger partial charge in [-0.05, 0) is 34.9 Å². The number of primary amides is 1. The van der Waals surface area contributed by atoms with Gasteiger partial charge in [-0.25, -0.2) is 0 Å². The van der Waals surface area contributed by atoms with E-state index in [1.807, 2.05) is 60.7 Å². The van der Waals surface area contributed by atoms with Crippen LogP contribution in [0.3, 0.4) is 0 Å². The van der Waals surface area contributed by atoms with E-state index in [4.69, 9.17) is 10.5 Å². The van der Waals surface area contributed by atoms with Crippen LogP contribution in [0.4, 0.5) is 26.3 Å². The van der Waals surface area contributed by atoms with E-state index in [9.17, 15) is 31.1 Å². The van der Waals surface area contributed by atoms with Gasteiger partial charge in [-0.1, -0.05) is 68.1 Å². The van der Waals surface area contributed by atoms with Crippen molar-refractivity contribution in [2.75, 3.05) is 13.2 Å². The van der Waals surface area contributed by atoms with Crippen LogP contribution >= 0.6 is 0 Å². The molecule has 37 heavy (non-hydrogen) atoms. The van der Waals surface area contributed by atoms with E-state index < -0.39 is 42.0 Å². The van der Waals surface area contributed by atoms with Gasteiger partial charge in [0.15, 0.2) is 0 Å². The Morgan fingerprint density at radius 1 is 0.811 bits per heavy atom. The first-order chi connectivity index (χ1) is 16.9. The summed E-state index contributed by atoms with van der Waals surface area (Å²) in [5.41, 5.74) is 3.94. The van der Waals surface area contributed by atoms with Crippen molar-refractivity contribution in [2.45, 2.75) is 38.3 Å². The van der Waals surface area contributed by atoms with Crippen molar-refractivity contribution in [3.05, 3.63) is 107 Å². The van der Waals surface area contributed by atoms with Crippen molar-refractivity contribution in [2.24, 2.45) is 5.73 Å². The van der Waals surface area contributed by atoms with Crippen LogP contribution in [-0.4, -0.2) is 25.1 Å². The molecule has 0 aliphatic rings. The third-order valence-electron chi connectivity index (χ3n) is 5.47. The molecule has 0 heterocycles. The second-order valence-electron chi connectivity index (χ2n) is 8.18. The number of alkyl halides is 6. The Morgan fingerprint density at radius 3 is 1.68 bits per heavy atom. The molecule has 1 unspecified atom stereocenters. The maximum absolute atomic E-state index is 13.2. The van der Waals surface area contributed by atoms with Gasteiger partial charge in [-0.2, -0.15) is 26.3 Å². The fraction of sp³-hybridized carbons (Fsp3) is 0.296. The molecule has 3 N–H and O–H groups in total. The third-order valence-corrected chi connectivity index (χ3v) is 5.47. The van der Waals surface area contributed by atoms with Crippen molar-refractivity contribution in [1.29, 1.82) is 0 Å². The van der Waals surface area contributed by atoms with E-state index in [1.54, 1.807) is 0 Å². The summed E-state index contributed by atoms with van der Waals surface area (Å²) < 4.78 is 84.7. The first-order valence-corrected chi connectivity index (χ1v) is 10.9. The van der Waals surface area contributed by atoms with Crippen molar-refractivity contribution >= 4 is 5.91 Å². The summed E-state index contributed by atoms with van der Waals surface area (Å²) >= 11 is 0. The lowest BCUT2D eigenvalue weighted by molar-refractivity contribution is -0.143. The van der Waals surface area contributed by atoms with Gasteiger partial charge in [-0.3, -0.25) is 4.79 Å². The molecule has 0 fully saturated rings. The van der Waals surface area contributed by atoms with Crippen molar-refractivity contribution in [3.63, 3.8) is 0 Å². The lowest BCUT2D eigenvalue weighted by Crippen LogP contribution is -2.43. The summed E-state index contributed by atoms with van der Waals surface area (Å²) in [5.74, 6) is -0.980. The van der Waals surface area contributed by atoms with Crippen LogP contribution in [0.2, 0.25) is 0 Å². The normalized spacial score (nSPS) is 12.7. The van der Waals surface area contributed by atoms with E-state index in [0.717, 1.165) is 11.1 Å². The maximum Gasteiger partial charge on any atom is 0.416 e. The minimum atomic E-state index is -4.95. The number of ether oxygens (including phenoxy) is 1. The monoisotopic (exact) mass is 526 g/mol. The molecular formula is C27H28F6N2O2. The highest BCUT2D eigenvalue weighted by molar-refractivity contribution is 5.75. The molecule has 1 atom stereocenters. The highest BCUT2D eigenvalue weighted by Gasteiger charge is 2.37. The number of hydrogen-bond donors (Lipinski definition) is 2. The Kier molecular flexibility index (Phi) is 10.3. The van der Waals surface area contributed by atoms with Gasteiger partial charge >= 0.3 is 12.4 Å². The van der Waals surface area contributed by atoms with Gasteiger partial charge in [0.05, 0.1) is 30.9 Å². The lowest BCUT2D eigenvalue weighted by atomic mass is 9.85. The molecule has 3 aromatic rings. The second-order valence-corrected chi connectivity index (χ2v) is 8.18. The molecule has 0 aromatic heterocycles. The number of hydrogen-bond acceptors (Lipinski definition) is 3. The van der Waals surface area contributed by atoms with Gasteiger partial charge in [0.2, 0.25) is 5.91 Å². The number of nitrogens with two attached hydrogens (primary N) is 1. The predicted molar refractivity (Wildman–Crippen MR) is 129 cm³/mol. The van der Waals surface area contributed by atoms with Crippen LogP contribution in [0.15, 0.2) is 78.9 Å². The summed E-state index contributed by atoms with van der Waals surface area (Å²) in [7, 11) is 0. The summed E-state index contributed by atoms with van der Waals surface area (Å²) in [6, 6.07) is 19.3. The number of halogens is 6. The van der Waals surface area contributed by atoms with E-state index in [0.29, 0.717) is 12.1 Å². The van der Waals surface area contributed by atoms with Crippen LogP contribution in [0, 0.1) is 0 Å². The highest BCUT2D eigenvalue weighted by atomic mass is 19.4. The second kappa shape index (κ2) is 12.7. The van der Waals surface area contributed by atoms with Crippen LogP contribution in [0.5, 0.6) is 0 Å². The fourth-order valence-corrected chi connectivity index (χ4v) is 3.89. The summed E-state index contributed by atoms with van der Waals surface area (Å²) in [6.07, 6.45) is -9.90. The molecule has 200 valence electrons. The van der Waals surface area contributed by atoms with E-state index in [-0.39, 0.29) is 38.1 Å². The van der Waals surface area contributed by atoms with Crippen LogP contribution in [0.25, 0.3) is 0 Å². The van der Waals surface area contributed by atoms with Gasteiger partial charge in [0.25, 0.3) is 0 Å². The molecule has 4 nitrogen and oxygen atoms in total. The lowest BCUT2D eigenvalue weighted by Gasteiger charge is -2.29. The molecule has 0 spiro atoms. The zero-order valence-corrected chi connectivity index (χ0v) is 18.9. The Morgan fingerprint density at radius 2 is 1.27 bits per heavy atom. The SMILES string of the molecule is C.NC(=O)CNC(COCc1cc(C(F)(F)F)cc(C(F)(F)F)c1)C(c1ccccc1)c1ccccc1. The Bertz CT molecular complexity index is 1060. The van der Waals surface area contributed by atoms with Gasteiger partial charge in [0.1, 0.15) is 0 Å². The molecule has 0 bridgehead atoms. The average molecular weight is 527 g/mol. The first-order valence-electron chi connectivity index (χ1n) is 10.9. The average Bonchev–Trinajstić information content (AvgIpc) is 2.82. The smallest absolute Gasteiger partial charge is 0.375 e. The number of benzene rings is 3. The minimum Gasteiger partial charge on any atom is -0.375 e. The number of amides is 1.